The topological polar surface area (TPSA) is 85.1 Å². The van der Waals surface area contributed by atoms with Crippen LogP contribution in [0.2, 0.25) is 0 Å². The second kappa shape index (κ2) is 5.40. The van der Waals surface area contributed by atoms with E-state index >= 15 is 0 Å². The van der Waals surface area contributed by atoms with Gasteiger partial charge in [-0.1, -0.05) is 12.1 Å². The lowest BCUT2D eigenvalue weighted by molar-refractivity contribution is 0.337. The molecule has 0 fully saturated rings. The van der Waals surface area contributed by atoms with E-state index < -0.39 is 9.84 Å². The molecule has 0 bridgehead atoms. The molecule has 0 aliphatic heterocycles. The molecule has 0 radical (unpaired) electrons. The first-order chi connectivity index (χ1) is 7.42. The second-order valence-corrected chi connectivity index (χ2v) is 5.93. The van der Waals surface area contributed by atoms with Crippen molar-refractivity contribution in [1.29, 1.82) is 0 Å². The molecule has 7 heteroatoms. The fourth-order valence-corrected chi connectivity index (χ4v) is 1.77. The second-order valence-electron chi connectivity index (χ2n) is 3.79. The summed E-state index contributed by atoms with van der Waals surface area (Å²) in [7, 11) is -3.11. The Balaban J connectivity index is 2.64. The van der Waals surface area contributed by atoms with E-state index in [1.54, 1.807) is 0 Å². The van der Waals surface area contributed by atoms with Crippen LogP contribution in [0.25, 0.3) is 0 Å². The molecule has 1 rings (SSSR count). The Morgan fingerprint density at radius 2 is 2.19 bits per heavy atom. The number of nitrogens with zero attached hydrogens (tertiary/aromatic N) is 2. The zero-order valence-corrected chi connectivity index (χ0v) is 10.5. The van der Waals surface area contributed by atoms with E-state index in [4.69, 9.17) is 4.52 Å². The number of hydrogen-bond donors (Lipinski definition) is 1. The van der Waals surface area contributed by atoms with Crippen molar-refractivity contribution in [3.63, 3.8) is 0 Å². The summed E-state index contributed by atoms with van der Waals surface area (Å²) < 4.78 is 27.0. The molecular formula is C9H17N3O3S. The van der Waals surface area contributed by atoms with Crippen molar-refractivity contribution in [2.45, 2.75) is 32.1 Å². The maximum Gasteiger partial charge on any atom is 0.243 e. The van der Waals surface area contributed by atoms with E-state index in [1.807, 2.05) is 6.92 Å². The monoisotopic (exact) mass is 247 g/mol. The van der Waals surface area contributed by atoms with Gasteiger partial charge in [0.15, 0.2) is 15.7 Å². The third-order valence-electron chi connectivity index (χ3n) is 1.95. The van der Waals surface area contributed by atoms with Crippen molar-refractivity contribution in [2.75, 3.05) is 12.8 Å². The maximum absolute atomic E-state index is 11.0. The summed E-state index contributed by atoms with van der Waals surface area (Å²) in [4.78, 5) is 4.03. The minimum atomic E-state index is -3.11. The molecule has 1 aromatic heterocycles. The molecule has 92 valence electrons. The Morgan fingerprint density at radius 1 is 1.50 bits per heavy atom. The predicted octanol–water partition coefficient (Wildman–Crippen LogP) is 0.675. The Morgan fingerprint density at radius 3 is 2.75 bits per heavy atom. The molecule has 0 aromatic carbocycles. The average molecular weight is 247 g/mol. The summed E-state index contributed by atoms with van der Waals surface area (Å²) in [5, 5.41) is 6.80. The third kappa shape index (κ3) is 4.28. The quantitative estimate of drug-likeness (QED) is 0.795. The first-order valence-corrected chi connectivity index (χ1v) is 7.22. The minimum absolute atomic E-state index is 0.0549. The normalized spacial score (nSPS) is 13.9. The van der Waals surface area contributed by atoms with Crippen molar-refractivity contribution < 1.29 is 12.9 Å². The number of rotatable bonds is 6. The third-order valence-corrected chi connectivity index (χ3v) is 2.73. The van der Waals surface area contributed by atoms with Crippen LogP contribution in [0.5, 0.6) is 0 Å². The summed E-state index contributed by atoms with van der Waals surface area (Å²) in [6, 6.07) is -0.0549. The highest BCUT2D eigenvalue weighted by atomic mass is 32.2. The molecule has 16 heavy (non-hydrogen) atoms. The molecule has 1 atom stereocenters. The zero-order valence-electron chi connectivity index (χ0n) is 9.73. The molecule has 1 heterocycles. The van der Waals surface area contributed by atoms with Crippen molar-refractivity contribution in [3.8, 4) is 0 Å². The van der Waals surface area contributed by atoms with Gasteiger partial charge in [0.25, 0.3) is 0 Å². The zero-order chi connectivity index (χ0) is 12.2. The van der Waals surface area contributed by atoms with Crippen LogP contribution in [0.1, 0.15) is 38.0 Å². The van der Waals surface area contributed by atoms with E-state index in [0.29, 0.717) is 5.89 Å². The minimum Gasteiger partial charge on any atom is -0.338 e. The van der Waals surface area contributed by atoms with Gasteiger partial charge in [-0.2, -0.15) is 4.98 Å². The fraction of sp³-hybridized carbons (Fsp3) is 0.778. The summed E-state index contributed by atoms with van der Waals surface area (Å²) >= 11 is 0. The van der Waals surface area contributed by atoms with E-state index in [0.717, 1.165) is 19.2 Å². The van der Waals surface area contributed by atoms with E-state index in [-0.39, 0.29) is 17.6 Å². The van der Waals surface area contributed by atoms with Crippen LogP contribution in [0.3, 0.4) is 0 Å². The standard InChI is InChI=1S/C9H17N3O3S/c1-4-5-10-7(2)9-11-8(12-15-9)6-16(3,13)14/h7,10H,4-6H2,1-3H3. The fourth-order valence-electron chi connectivity index (χ4n) is 1.18. The first kappa shape index (κ1) is 13.1. The molecule has 0 spiro atoms. The Bertz CT molecular complexity index is 427. The van der Waals surface area contributed by atoms with Gasteiger partial charge in [-0.15, -0.1) is 0 Å². The number of nitrogens with one attached hydrogen (secondary N) is 1. The van der Waals surface area contributed by atoms with Crippen molar-refractivity contribution in [3.05, 3.63) is 11.7 Å². The molecular weight excluding hydrogens is 230 g/mol. The highest BCUT2D eigenvalue weighted by molar-refractivity contribution is 7.89. The molecule has 6 nitrogen and oxygen atoms in total. The molecule has 0 saturated carbocycles. The van der Waals surface area contributed by atoms with Crippen LogP contribution in [0.4, 0.5) is 0 Å². The van der Waals surface area contributed by atoms with Gasteiger partial charge in [-0.3, -0.25) is 0 Å². The van der Waals surface area contributed by atoms with Crippen molar-refractivity contribution in [2.24, 2.45) is 0 Å². The Hall–Kier alpha value is -0.950. The molecule has 0 aliphatic carbocycles. The molecule has 0 saturated heterocycles. The van der Waals surface area contributed by atoms with Crippen LogP contribution < -0.4 is 5.32 Å². The summed E-state index contributed by atoms with van der Waals surface area (Å²) in [5.41, 5.74) is 0. The van der Waals surface area contributed by atoms with Crippen LogP contribution in [0.15, 0.2) is 4.52 Å². The lowest BCUT2D eigenvalue weighted by Gasteiger charge is -2.06. The predicted molar refractivity (Wildman–Crippen MR) is 59.6 cm³/mol. The van der Waals surface area contributed by atoms with Crippen LogP contribution in [0, 0.1) is 0 Å². The first-order valence-electron chi connectivity index (χ1n) is 5.16. The summed E-state index contributed by atoms with van der Waals surface area (Å²) in [6.07, 6.45) is 2.15. The van der Waals surface area contributed by atoms with Crippen LogP contribution >= 0.6 is 0 Å². The van der Waals surface area contributed by atoms with Crippen molar-refractivity contribution >= 4 is 9.84 Å². The van der Waals surface area contributed by atoms with Gasteiger partial charge in [0.1, 0.15) is 5.75 Å². The molecule has 1 unspecified atom stereocenters. The lowest BCUT2D eigenvalue weighted by Crippen LogP contribution is -2.19. The van der Waals surface area contributed by atoms with Crippen LogP contribution in [-0.2, 0) is 15.6 Å². The lowest BCUT2D eigenvalue weighted by atomic mass is 10.3. The van der Waals surface area contributed by atoms with Gasteiger partial charge in [0.2, 0.25) is 5.89 Å². The highest BCUT2D eigenvalue weighted by Crippen LogP contribution is 2.10. The van der Waals surface area contributed by atoms with Gasteiger partial charge in [0.05, 0.1) is 6.04 Å². The highest BCUT2D eigenvalue weighted by Gasteiger charge is 2.15. The number of hydrogen-bond acceptors (Lipinski definition) is 6. The SMILES string of the molecule is CCCNC(C)c1nc(CS(C)(=O)=O)no1. The number of aromatic nitrogens is 2. The van der Waals surface area contributed by atoms with Gasteiger partial charge >= 0.3 is 0 Å². The average Bonchev–Trinajstić information content (AvgIpc) is 2.59. The molecule has 0 aliphatic rings. The summed E-state index contributed by atoms with van der Waals surface area (Å²) in [5.74, 6) is 0.450. The van der Waals surface area contributed by atoms with Gasteiger partial charge in [-0.05, 0) is 19.9 Å². The number of sulfone groups is 1. The molecule has 0 amide bonds. The van der Waals surface area contributed by atoms with E-state index in [9.17, 15) is 8.42 Å². The maximum atomic E-state index is 11.0. The van der Waals surface area contributed by atoms with Gasteiger partial charge in [0, 0.05) is 6.26 Å². The molecule has 1 N–H and O–H groups in total. The van der Waals surface area contributed by atoms with Crippen LogP contribution in [-0.4, -0.2) is 31.4 Å². The van der Waals surface area contributed by atoms with Crippen molar-refractivity contribution in [1.82, 2.24) is 15.5 Å². The Kier molecular flexibility index (Phi) is 4.43. The van der Waals surface area contributed by atoms with E-state index in [1.165, 1.54) is 0 Å². The molecule has 1 aromatic rings. The Labute approximate surface area is 95.3 Å². The summed E-state index contributed by atoms with van der Waals surface area (Å²) in [6.45, 7) is 4.81. The van der Waals surface area contributed by atoms with E-state index in [2.05, 4.69) is 22.4 Å². The van der Waals surface area contributed by atoms with Gasteiger partial charge in [-0.25, -0.2) is 8.42 Å². The largest absolute Gasteiger partial charge is 0.338 e. The van der Waals surface area contributed by atoms with Gasteiger partial charge < -0.3 is 9.84 Å². The smallest absolute Gasteiger partial charge is 0.243 e.